The van der Waals surface area contributed by atoms with Crippen molar-refractivity contribution in [2.45, 2.75) is 83.6 Å². The van der Waals surface area contributed by atoms with Gasteiger partial charge in [-0.25, -0.2) is 0 Å². The molecule has 0 amide bonds. The molecule has 0 spiro atoms. The summed E-state index contributed by atoms with van der Waals surface area (Å²) in [4.78, 5) is 0. The van der Waals surface area contributed by atoms with Crippen LogP contribution in [0.4, 0.5) is 0 Å². The Morgan fingerprint density at radius 1 is 1.18 bits per heavy atom. The zero-order valence-corrected chi connectivity index (χ0v) is 18.2. The number of nitrogens with two attached hydrogens (primary N) is 1. The fraction of sp³-hybridized carbons (Fsp3) is 0.750. The second-order valence-electron chi connectivity index (χ2n) is 9.09. The van der Waals surface area contributed by atoms with Gasteiger partial charge in [0.25, 0.3) is 0 Å². The number of aryl methyl sites for hydroxylation is 1. The van der Waals surface area contributed by atoms with E-state index in [0.717, 1.165) is 55.3 Å². The molecule has 0 aliphatic heterocycles. The van der Waals surface area contributed by atoms with Gasteiger partial charge in [-0.1, -0.05) is 58.4 Å². The van der Waals surface area contributed by atoms with Gasteiger partial charge in [0.15, 0.2) is 0 Å². The molecule has 2 rings (SSSR count). The summed E-state index contributed by atoms with van der Waals surface area (Å²) < 4.78 is 11.5. The molecule has 1 aromatic carbocycles. The lowest BCUT2D eigenvalue weighted by Gasteiger charge is -2.27. The van der Waals surface area contributed by atoms with Crippen molar-refractivity contribution in [3.63, 3.8) is 0 Å². The second-order valence-corrected chi connectivity index (χ2v) is 9.09. The van der Waals surface area contributed by atoms with Crippen molar-refractivity contribution in [3.8, 4) is 11.5 Å². The van der Waals surface area contributed by atoms with Crippen LogP contribution in [0.3, 0.4) is 0 Å². The van der Waals surface area contributed by atoms with Crippen molar-refractivity contribution in [2.75, 3.05) is 20.3 Å². The fourth-order valence-corrected chi connectivity index (χ4v) is 3.75. The van der Waals surface area contributed by atoms with Crippen LogP contribution in [-0.4, -0.2) is 31.0 Å². The number of benzene rings is 1. The summed E-state index contributed by atoms with van der Waals surface area (Å²) in [6.45, 7) is 5.36. The number of aliphatic hydroxyl groups is 1. The normalized spacial score (nSPS) is 16.2. The van der Waals surface area contributed by atoms with E-state index < -0.39 is 5.54 Å². The van der Waals surface area contributed by atoms with E-state index in [1.807, 2.05) is 12.1 Å². The molecule has 1 saturated carbocycles. The molecule has 0 saturated heterocycles. The van der Waals surface area contributed by atoms with Crippen LogP contribution in [0, 0.1) is 11.8 Å². The van der Waals surface area contributed by atoms with E-state index >= 15 is 0 Å². The Kier molecular flexibility index (Phi) is 9.60. The lowest BCUT2D eigenvalue weighted by Crippen LogP contribution is -2.44. The molecule has 0 aromatic heterocycles. The molecular formula is C24H41NO3. The zero-order valence-electron chi connectivity index (χ0n) is 18.2. The Labute approximate surface area is 171 Å². The van der Waals surface area contributed by atoms with Crippen LogP contribution in [0.5, 0.6) is 11.5 Å². The summed E-state index contributed by atoms with van der Waals surface area (Å²) in [6.07, 6.45) is 11.3. The number of rotatable bonds is 15. The van der Waals surface area contributed by atoms with Gasteiger partial charge in [-0.3, -0.25) is 0 Å². The Morgan fingerprint density at radius 3 is 2.57 bits per heavy atom. The Hall–Kier alpha value is -1.26. The Morgan fingerprint density at radius 2 is 1.93 bits per heavy atom. The molecule has 1 unspecified atom stereocenters. The van der Waals surface area contributed by atoms with E-state index in [9.17, 15) is 5.11 Å². The van der Waals surface area contributed by atoms with Crippen LogP contribution in [-0.2, 0) is 6.42 Å². The molecule has 1 atom stereocenters. The number of methoxy groups -OCH3 is 1. The summed E-state index contributed by atoms with van der Waals surface area (Å²) in [5, 5.41) is 9.74. The first-order valence-electron chi connectivity index (χ1n) is 11.2. The van der Waals surface area contributed by atoms with Crippen LogP contribution < -0.4 is 15.2 Å². The quantitative estimate of drug-likeness (QED) is 0.408. The van der Waals surface area contributed by atoms with Gasteiger partial charge in [0, 0.05) is 11.6 Å². The van der Waals surface area contributed by atoms with Crippen LogP contribution in [0.25, 0.3) is 0 Å². The predicted octanol–water partition coefficient (Wildman–Crippen LogP) is 5.10. The van der Waals surface area contributed by atoms with Crippen LogP contribution in [0.2, 0.25) is 0 Å². The van der Waals surface area contributed by atoms with E-state index in [1.165, 1.54) is 38.5 Å². The van der Waals surface area contributed by atoms with E-state index in [4.69, 9.17) is 15.2 Å². The highest BCUT2D eigenvalue weighted by molar-refractivity contribution is 5.41. The van der Waals surface area contributed by atoms with Gasteiger partial charge in [-0.2, -0.15) is 0 Å². The average molecular weight is 392 g/mol. The summed E-state index contributed by atoms with van der Waals surface area (Å²) in [5.41, 5.74) is 7.08. The largest absolute Gasteiger partial charge is 0.496 e. The third-order valence-electron chi connectivity index (χ3n) is 5.80. The lowest BCUT2D eigenvalue weighted by molar-refractivity contribution is 0.172. The van der Waals surface area contributed by atoms with E-state index in [1.54, 1.807) is 7.11 Å². The summed E-state index contributed by atoms with van der Waals surface area (Å²) >= 11 is 0. The molecule has 1 aliphatic rings. The molecule has 160 valence electrons. The Bertz CT molecular complexity index is 571. The maximum absolute atomic E-state index is 9.74. The molecule has 0 bridgehead atoms. The molecule has 4 nitrogen and oxygen atoms in total. The third kappa shape index (κ3) is 8.40. The van der Waals surface area contributed by atoms with Gasteiger partial charge in [0.1, 0.15) is 11.5 Å². The van der Waals surface area contributed by atoms with Crippen LogP contribution >= 0.6 is 0 Å². The minimum atomic E-state index is -0.475. The van der Waals surface area contributed by atoms with Crippen molar-refractivity contribution in [3.05, 3.63) is 23.8 Å². The van der Waals surface area contributed by atoms with Gasteiger partial charge in [0.05, 0.1) is 20.3 Å². The highest BCUT2D eigenvalue weighted by atomic mass is 16.5. The summed E-state index contributed by atoms with van der Waals surface area (Å²) in [7, 11) is 1.70. The van der Waals surface area contributed by atoms with Crippen molar-refractivity contribution < 1.29 is 14.6 Å². The number of aliphatic hydroxyl groups excluding tert-OH is 1. The zero-order chi connectivity index (χ0) is 20.4. The van der Waals surface area contributed by atoms with Gasteiger partial charge >= 0.3 is 0 Å². The molecule has 4 heteroatoms. The topological polar surface area (TPSA) is 64.7 Å². The SMILES string of the molecule is COc1cc(OCCCCCCC(C)C)ccc1CCC(N)(CO)CC1CC1. The molecule has 0 radical (unpaired) electrons. The number of hydrogen-bond donors (Lipinski definition) is 2. The fourth-order valence-electron chi connectivity index (χ4n) is 3.75. The first-order chi connectivity index (χ1) is 13.5. The monoisotopic (exact) mass is 391 g/mol. The average Bonchev–Trinajstić information content (AvgIpc) is 3.49. The molecule has 3 N–H and O–H groups in total. The van der Waals surface area contributed by atoms with Crippen molar-refractivity contribution in [2.24, 2.45) is 17.6 Å². The number of ether oxygens (including phenoxy) is 2. The maximum Gasteiger partial charge on any atom is 0.125 e. The molecule has 1 fully saturated rings. The Balaban J connectivity index is 1.76. The molecular weight excluding hydrogens is 350 g/mol. The number of hydrogen-bond acceptors (Lipinski definition) is 4. The van der Waals surface area contributed by atoms with Crippen molar-refractivity contribution >= 4 is 0 Å². The third-order valence-corrected chi connectivity index (χ3v) is 5.80. The van der Waals surface area contributed by atoms with Crippen molar-refractivity contribution in [1.82, 2.24) is 0 Å². The minimum Gasteiger partial charge on any atom is -0.496 e. The van der Waals surface area contributed by atoms with E-state index in [0.29, 0.717) is 5.92 Å². The first kappa shape index (κ1) is 23.0. The minimum absolute atomic E-state index is 0.0458. The van der Waals surface area contributed by atoms with Gasteiger partial charge in [-0.05, 0) is 49.1 Å². The lowest BCUT2D eigenvalue weighted by atomic mass is 9.87. The molecule has 1 aromatic rings. The standard InChI is InChI=1S/C24H41NO3/c1-19(2)8-6-4-5-7-15-28-22-12-11-21(23(16-22)27-3)13-14-24(25,18-26)17-20-9-10-20/h11-12,16,19-20,26H,4-10,13-15,17-18,25H2,1-3H3. The molecule has 0 heterocycles. The predicted molar refractivity (Wildman–Crippen MR) is 116 cm³/mol. The second kappa shape index (κ2) is 11.7. The molecule has 1 aliphatic carbocycles. The van der Waals surface area contributed by atoms with Gasteiger partial charge in [-0.15, -0.1) is 0 Å². The number of unbranched alkanes of at least 4 members (excludes halogenated alkanes) is 3. The van der Waals surface area contributed by atoms with Crippen LogP contribution in [0.1, 0.15) is 77.2 Å². The maximum atomic E-state index is 9.74. The molecule has 28 heavy (non-hydrogen) atoms. The smallest absolute Gasteiger partial charge is 0.125 e. The van der Waals surface area contributed by atoms with Crippen LogP contribution in [0.15, 0.2) is 18.2 Å². The van der Waals surface area contributed by atoms with Gasteiger partial charge < -0.3 is 20.3 Å². The highest BCUT2D eigenvalue weighted by Gasteiger charge is 2.33. The first-order valence-corrected chi connectivity index (χ1v) is 11.2. The summed E-state index contributed by atoms with van der Waals surface area (Å²) in [6, 6.07) is 6.08. The van der Waals surface area contributed by atoms with E-state index in [-0.39, 0.29) is 6.61 Å². The van der Waals surface area contributed by atoms with E-state index in [2.05, 4.69) is 19.9 Å². The highest BCUT2D eigenvalue weighted by Crippen LogP contribution is 2.37. The van der Waals surface area contributed by atoms with Crippen molar-refractivity contribution in [1.29, 1.82) is 0 Å². The van der Waals surface area contributed by atoms with Gasteiger partial charge in [0.2, 0.25) is 0 Å². The summed E-state index contributed by atoms with van der Waals surface area (Å²) in [5.74, 6) is 3.22.